The summed E-state index contributed by atoms with van der Waals surface area (Å²) in [5, 5.41) is 5.31. The maximum Gasteiger partial charge on any atom is 0.215 e. The van der Waals surface area contributed by atoms with E-state index in [1.54, 1.807) is 6.07 Å². The van der Waals surface area contributed by atoms with Gasteiger partial charge in [0.2, 0.25) is 4.90 Å². The lowest BCUT2D eigenvalue weighted by molar-refractivity contribution is 0.402. The number of hydrogen-bond donors (Lipinski definition) is 1. The van der Waals surface area contributed by atoms with Crippen LogP contribution >= 0.6 is 0 Å². The molecule has 0 aliphatic heterocycles. The fraction of sp³-hybridized carbons (Fsp3) is 0.333. The predicted octanol–water partition coefficient (Wildman–Crippen LogP) is 1.24. The average molecular weight is 199 g/mol. The van der Waals surface area contributed by atoms with Crippen LogP contribution in [-0.2, 0) is 17.8 Å². The SMILES string of the molecule is CCc1ccc(OC)c([S+](N)[O-])c1. The number of ether oxygens (including phenoxy) is 1. The van der Waals surface area contributed by atoms with E-state index in [4.69, 9.17) is 9.88 Å². The summed E-state index contributed by atoms with van der Waals surface area (Å²) in [6.45, 7) is 2.03. The smallest absolute Gasteiger partial charge is 0.215 e. The van der Waals surface area contributed by atoms with Crippen molar-refractivity contribution in [2.24, 2.45) is 5.14 Å². The number of methoxy groups -OCH3 is 1. The fourth-order valence-corrected chi connectivity index (χ4v) is 1.72. The van der Waals surface area contributed by atoms with Gasteiger partial charge in [-0.15, -0.1) is 5.14 Å². The molecule has 4 heteroatoms. The number of hydrogen-bond acceptors (Lipinski definition) is 3. The van der Waals surface area contributed by atoms with Crippen LogP contribution in [0.5, 0.6) is 5.75 Å². The molecule has 0 bridgehead atoms. The zero-order valence-electron chi connectivity index (χ0n) is 7.74. The summed E-state index contributed by atoms with van der Waals surface area (Å²) in [7, 11) is 1.54. The Morgan fingerprint density at radius 3 is 2.69 bits per heavy atom. The summed E-state index contributed by atoms with van der Waals surface area (Å²) in [6, 6.07) is 5.54. The van der Waals surface area contributed by atoms with Crippen molar-refractivity contribution in [2.75, 3.05) is 7.11 Å². The van der Waals surface area contributed by atoms with Crippen molar-refractivity contribution >= 4 is 11.4 Å². The number of rotatable bonds is 3. The maximum absolute atomic E-state index is 11.1. The van der Waals surface area contributed by atoms with Crippen LogP contribution in [0, 0.1) is 0 Å². The molecule has 1 atom stereocenters. The van der Waals surface area contributed by atoms with Crippen molar-refractivity contribution in [3.8, 4) is 5.75 Å². The zero-order valence-corrected chi connectivity index (χ0v) is 8.56. The summed E-state index contributed by atoms with van der Waals surface area (Å²) in [5.41, 5.74) is 1.11. The summed E-state index contributed by atoms with van der Waals surface area (Å²) in [5.74, 6) is 0.582. The van der Waals surface area contributed by atoms with Crippen LogP contribution in [0.3, 0.4) is 0 Å². The van der Waals surface area contributed by atoms with E-state index in [1.807, 2.05) is 19.1 Å². The Hall–Kier alpha value is -0.710. The molecule has 72 valence electrons. The van der Waals surface area contributed by atoms with Crippen LogP contribution in [0.25, 0.3) is 0 Å². The van der Waals surface area contributed by atoms with E-state index in [0.29, 0.717) is 10.6 Å². The van der Waals surface area contributed by atoms with Gasteiger partial charge in [0, 0.05) is 6.07 Å². The van der Waals surface area contributed by atoms with Crippen LogP contribution in [0.15, 0.2) is 23.1 Å². The van der Waals surface area contributed by atoms with Crippen molar-refractivity contribution < 1.29 is 9.29 Å². The fourth-order valence-electron chi connectivity index (χ4n) is 1.10. The molecule has 0 aliphatic carbocycles. The molecule has 1 aromatic rings. The first kappa shape index (κ1) is 10.4. The third kappa shape index (κ3) is 2.37. The number of benzene rings is 1. The van der Waals surface area contributed by atoms with Crippen molar-refractivity contribution in [3.05, 3.63) is 23.8 Å². The molecule has 0 heterocycles. The predicted molar refractivity (Wildman–Crippen MR) is 53.0 cm³/mol. The number of aryl methyl sites for hydroxylation is 1. The molecule has 0 saturated heterocycles. The Bertz CT molecular complexity index is 289. The molecular weight excluding hydrogens is 186 g/mol. The molecule has 0 radical (unpaired) electrons. The van der Waals surface area contributed by atoms with Crippen LogP contribution < -0.4 is 9.88 Å². The molecule has 0 amide bonds. The van der Waals surface area contributed by atoms with Crippen LogP contribution in [0.2, 0.25) is 0 Å². The maximum atomic E-state index is 11.1. The van der Waals surface area contributed by atoms with Crippen molar-refractivity contribution in [3.63, 3.8) is 0 Å². The summed E-state index contributed by atoms with van der Waals surface area (Å²) >= 11 is -1.48. The van der Waals surface area contributed by atoms with Gasteiger partial charge < -0.3 is 9.29 Å². The van der Waals surface area contributed by atoms with E-state index in [0.717, 1.165) is 12.0 Å². The molecule has 0 aromatic heterocycles. The number of nitrogens with two attached hydrogens (primary N) is 1. The van der Waals surface area contributed by atoms with Gasteiger partial charge in [-0.1, -0.05) is 13.0 Å². The van der Waals surface area contributed by atoms with Gasteiger partial charge in [-0.25, -0.2) is 0 Å². The van der Waals surface area contributed by atoms with Gasteiger partial charge in [-0.05, 0) is 18.1 Å². The quantitative estimate of drug-likeness (QED) is 0.745. The minimum atomic E-state index is -1.48. The van der Waals surface area contributed by atoms with E-state index in [2.05, 4.69) is 0 Å². The first-order valence-corrected chi connectivity index (χ1v) is 5.23. The highest BCUT2D eigenvalue weighted by Crippen LogP contribution is 2.23. The molecule has 0 saturated carbocycles. The van der Waals surface area contributed by atoms with Crippen LogP contribution in [-0.4, -0.2) is 11.7 Å². The Labute approximate surface area is 81.2 Å². The molecule has 1 aromatic carbocycles. The largest absolute Gasteiger partial charge is 0.593 e. The Kier molecular flexibility index (Phi) is 3.59. The molecule has 3 nitrogen and oxygen atoms in total. The lowest BCUT2D eigenvalue weighted by Crippen LogP contribution is -2.13. The van der Waals surface area contributed by atoms with Gasteiger partial charge in [-0.2, -0.15) is 0 Å². The minimum Gasteiger partial charge on any atom is -0.593 e. The summed E-state index contributed by atoms with van der Waals surface area (Å²) in [4.78, 5) is 0.557. The third-order valence-corrected chi connectivity index (χ3v) is 2.61. The van der Waals surface area contributed by atoms with Crippen LogP contribution in [0.4, 0.5) is 0 Å². The Morgan fingerprint density at radius 2 is 2.23 bits per heavy atom. The topological polar surface area (TPSA) is 58.3 Å². The van der Waals surface area contributed by atoms with Gasteiger partial charge in [-0.3, -0.25) is 0 Å². The highest BCUT2D eigenvalue weighted by atomic mass is 32.2. The first-order chi connectivity index (χ1) is 6.19. The van der Waals surface area contributed by atoms with Gasteiger partial charge in [0.25, 0.3) is 0 Å². The van der Waals surface area contributed by atoms with E-state index in [-0.39, 0.29) is 0 Å². The standard InChI is InChI=1S/C9H13NO2S/c1-3-7-4-5-8(12-2)9(6-7)13(10)11/h4-6H,3,10H2,1-2H3. The van der Waals surface area contributed by atoms with Crippen molar-refractivity contribution in [1.29, 1.82) is 0 Å². The second kappa shape index (κ2) is 4.50. The van der Waals surface area contributed by atoms with Gasteiger partial charge in [0.15, 0.2) is 5.75 Å². The molecule has 1 unspecified atom stereocenters. The Balaban J connectivity index is 3.10. The van der Waals surface area contributed by atoms with Gasteiger partial charge >= 0.3 is 0 Å². The van der Waals surface area contributed by atoms with Crippen LogP contribution in [0.1, 0.15) is 12.5 Å². The third-order valence-electron chi connectivity index (χ3n) is 1.85. The lowest BCUT2D eigenvalue weighted by atomic mass is 10.2. The monoisotopic (exact) mass is 199 g/mol. The van der Waals surface area contributed by atoms with E-state index < -0.39 is 11.4 Å². The molecule has 0 aliphatic rings. The molecule has 13 heavy (non-hydrogen) atoms. The summed E-state index contributed by atoms with van der Waals surface area (Å²) in [6.07, 6.45) is 0.897. The normalized spacial score (nSPS) is 12.6. The van der Waals surface area contributed by atoms with Gasteiger partial charge in [0.1, 0.15) is 0 Å². The summed E-state index contributed by atoms with van der Waals surface area (Å²) < 4.78 is 16.1. The molecule has 0 spiro atoms. The molecule has 0 fully saturated rings. The van der Waals surface area contributed by atoms with Crippen molar-refractivity contribution in [2.45, 2.75) is 18.2 Å². The lowest BCUT2D eigenvalue weighted by Gasteiger charge is -2.09. The van der Waals surface area contributed by atoms with Gasteiger partial charge in [0.05, 0.1) is 18.5 Å². The minimum absolute atomic E-state index is 0.557. The average Bonchev–Trinajstić information content (AvgIpc) is 2.16. The van der Waals surface area contributed by atoms with E-state index >= 15 is 0 Å². The zero-order chi connectivity index (χ0) is 9.84. The molecule has 2 N–H and O–H groups in total. The first-order valence-electron chi connectivity index (χ1n) is 4.02. The van der Waals surface area contributed by atoms with E-state index in [9.17, 15) is 4.55 Å². The van der Waals surface area contributed by atoms with E-state index in [1.165, 1.54) is 7.11 Å². The van der Waals surface area contributed by atoms with Crippen molar-refractivity contribution in [1.82, 2.24) is 0 Å². The molecular formula is C9H13NO2S. The Morgan fingerprint density at radius 1 is 1.54 bits per heavy atom. The second-order valence-electron chi connectivity index (χ2n) is 2.64. The highest BCUT2D eigenvalue weighted by Gasteiger charge is 2.13. The highest BCUT2D eigenvalue weighted by molar-refractivity contribution is 7.89. The molecule has 1 rings (SSSR count). The second-order valence-corrected chi connectivity index (χ2v) is 3.67.